The number of nitrogens with one attached hydrogen (secondary N) is 1. The van der Waals surface area contributed by atoms with E-state index in [-0.39, 0.29) is 18.4 Å². The zero-order valence-electron chi connectivity index (χ0n) is 15.3. The predicted octanol–water partition coefficient (Wildman–Crippen LogP) is 1.48. The molecule has 4 rings (SSSR count). The lowest BCUT2D eigenvalue weighted by atomic mass is 10.1. The van der Waals surface area contributed by atoms with Gasteiger partial charge in [-0.2, -0.15) is 5.10 Å². The molecule has 8 heteroatoms. The van der Waals surface area contributed by atoms with Crippen molar-refractivity contribution >= 4 is 17.5 Å². The van der Waals surface area contributed by atoms with Gasteiger partial charge < -0.3 is 15.0 Å². The maximum absolute atomic E-state index is 13.2. The number of rotatable bonds is 4. The van der Waals surface area contributed by atoms with Gasteiger partial charge in [-0.1, -0.05) is 24.3 Å². The minimum atomic E-state index is -0.754. The second kappa shape index (κ2) is 7.51. The summed E-state index contributed by atoms with van der Waals surface area (Å²) in [5.41, 5.74) is 2.20. The molecule has 0 radical (unpaired) electrons. The Balaban J connectivity index is 1.58. The topological polar surface area (TPSA) is 89.4 Å². The van der Waals surface area contributed by atoms with E-state index in [1.165, 1.54) is 6.33 Å². The second-order valence-corrected chi connectivity index (χ2v) is 6.39. The molecule has 8 nitrogen and oxygen atoms in total. The smallest absolute Gasteiger partial charge is 0.262 e. The second-order valence-electron chi connectivity index (χ2n) is 6.39. The molecule has 0 aliphatic carbocycles. The van der Waals surface area contributed by atoms with Crippen molar-refractivity contribution in [2.45, 2.75) is 12.6 Å². The molecule has 0 saturated heterocycles. The third kappa shape index (κ3) is 3.44. The van der Waals surface area contributed by atoms with E-state index in [2.05, 4.69) is 15.4 Å². The van der Waals surface area contributed by atoms with Crippen LogP contribution in [-0.2, 0) is 11.3 Å². The third-order valence-electron chi connectivity index (χ3n) is 4.57. The highest BCUT2D eigenvalue weighted by Crippen LogP contribution is 2.34. The fourth-order valence-corrected chi connectivity index (χ4v) is 3.13. The molecule has 142 valence electrons. The van der Waals surface area contributed by atoms with Crippen molar-refractivity contribution in [3.8, 4) is 5.75 Å². The summed E-state index contributed by atoms with van der Waals surface area (Å²) in [6.45, 7) is 0.726. The summed E-state index contributed by atoms with van der Waals surface area (Å²) < 4.78 is 7.47. The van der Waals surface area contributed by atoms with Crippen LogP contribution >= 0.6 is 0 Å². The van der Waals surface area contributed by atoms with Gasteiger partial charge in [0.15, 0.2) is 6.10 Å². The van der Waals surface area contributed by atoms with E-state index < -0.39 is 6.10 Å². The van der Waals surface area contributed by atoms with Crippen LogP contribution < -0.4 is 15.0 Å². The molecule has 28 heavy (non-hydrogen) atoms. The number of carbonyl (C=O) groups excluding carboxylic acids is 2. The molecule has 3 aromatic rings. The number of carbonyl (C=O) groups is 2. The lowest BCUT2D eigenvalue weighted by molar-refractivity contribution is -0.127. The first-order valence-corrected chi connectivity index (χ1v) is 8.86. The van der Waals surface area contributed by atoms with Crippen LogP contribution in [0, 0.1) is 0 Å². The van der Waals surface area contributed by atoms with Crippen LogP contribution in [0.4, 0.5) is 5.69 Å². The minimum absolute atomic E-state index is 0.149. The molecule has 1 aliphatic rings. The van der Waals surface area contributed by atoms with E-state index in [9.17, 15) is 9.59 Å². The van der Waals surface area contributed by atoms with Crippen LogP contribution in [0.1, 0.15) is 15.9 Å². The summed E-state index contributed by atoms with van der Waals surface area (Å²) in [6, 6.07) is 14.5. The predicted molar refractivity (Wildman–Crippen MR) is 102 cm³/mol. The van der Waals surface area contributed by atoms with Crippen LogP contribution in [0.2, 0.25) is 0 Å². The maximum atomic E-state index is 13.2. The highest BCUT2D eigenvalue weighted by atomic mass is 16.5. The summed E-state index contributed by atoms with van der Waals surface area (Å²) >= 11 is 0. The molecule has 0 saturated carbocycles. The van der Waals surface area contributed by atoms with Crippen molar-refractivity contribution in [2.75, 3.05) is 18.5 Å². The first-order valence-electron chi connectivity index (χ1n) is 8.86. The quantitative estimate of drug-likeness (QED) is 0.744. The first kappa shape index (κ1) is 17.7. The van der Waals surface area contributed by atoms with Gasteiger partial charge in [0.05, 0.1) is 18.8 Å². The fourth-order valence-electron chi connectivity index (χ4n) is 3.13. The van der Waals surface area contributed by atoms with Crippen LogP contribution in [0.25, 0.3) is 0 Å². The molecule has 2 amide bonds. The van der Waals surface area contributed by atoms with Gasteiger partial charge in [0, 0.05) is 12.6 Å². The molecule has 1 unspecified atom stereocenters. The van der Waals surface area contributed by atoms with Crippen LogP contribution in [0.15, 0.2) is 61.2 Å². The largest absolute Gasteiger partial charge is 0.477 e. The van der Waals surface area contributed by atoms with Gasteiger partial charge in [-0.15, -0.1) is 0 Å². The number of likely N-dealkylation sites (N-methyl/N-ethyl adjacent to an activating group) is 1. The molecule has 2 aromatic carbocycles. The number of amides is 2. The van der Waals surface area contributed by atoms with Crippen molar-refractivity contribution < 1.29 is 14.3 Å². The molecule has 1 N–H and O–H groups in total. The number of anilines is 1. The summed E-state index contributed by atoms with van der Waals surface area (Å²) in [5, 5.41) is 6.66. The Hall–Kier alpha value is -3.68. The zero-order chi connectivity index (χ0) is 19.5. The molecule has 2 heterocycles. The molecular formula is C20H19N5O3. The molecule has 0 spiro atoms. The number of nitrogens with zero attached hydrogens (tertiary/aromatic N) is 4. The number of hydrogen-bond donors (Lipinski definition) is 1. The first-order chi connectivity index (χ1) is 13.7. The van der Waals surface area contributed by atoms with Gasteiger partial charge in [0.2, 0.25) is 0 Å². The van der Waals surface area contributed by atoms with Gasteiger partial charge in [-0.05, 0) is 29.8 Å². The lowest BCUT2D eigenvalue weighted by Crippen LogP contribution is -2.50. The number of hydrogen-bond acceptors (Lipinski definition) is 5. The molecule has 1 atom stereocenters. The molecule has 1 aliphatic heterocycles. The minimum Gasteiger partial charge on any atom is -0.477 e. The average Bonchev–Trinajstić information content (AvgIpc) is 3.25. The van der Waals surface area contributed by atoms with Crippen LogP contribution in [0.5, 0.6) is 5.75 Å². The van der Waals surface area contributed by atoms with E-state index >= 15 is 0 Å². The Kier molecular flexibility index (Phi) is 4.76. The Morgan fingerprint density at radius 2 is 1.96 bits per heavy atom. The van der Waals surface area contributed by atoms with Crippen molar-refractivity contribution in [3.05, 3.63) is 72.3 Å². The normalized spacial score (nSPS) is 15.5. The zero-order valence-corrected chi connectivity index (χ0v) is 15.3. The summed E-state index contributed by atoms with van der Waals surface area (Å²) in [6.07, 6.45) is 2.37. The Labute approximate surface area is 161 Å². The van der Waals surface area contributed by atoms with Gasteiger partial charge in [0.1, 0.15) is 18.4 Å². The van der Waals surface area contributed by atoms with Crippen LogP contribution in [0.3, 0.4) is 0 Å². The molecule has 1 aromatic heterocycles. The number of benzene rings is 2. The van der Waals surface area contributed by atoms with E-state index in [0.717, 1.165) is 5.56 Å². The summed E-state index contributed by atoms with van der Waals surface area (Å²) in [7, 11) is 1.55. The van der Waals surface area contributed by atoms with Gasteiger partial charge >= 0.3 is 0 Å². The standard InChI is InChI=1S/C20H19N5O3/c1-21-19(26)18-11-25(16-4-2-3-5-17(16)28-18)20(27)15-8-6-14(7-9-15)10-24-13-22-12-23-24/h2-9,12-13,18H,10-11H2,1H3,(H,21,26). The average molecular weight is 377 g/mol. The number of para-hydroxylation sites is 2. The van der Waals surface area contributed by atoms with Gasteiger partial charge in [0.25, 0.3) is 11.8 Å². The van der Waals surface area contributed by atoms with E-state index in [1.54, 1.807) is 41.2 Å². The summed E-state index contributed by atoms with van der Waals surface area (Å²) in [4.78, 5) is 30.8. The van der Waals surface area contributed by atoms with Crippen molar-refractivity contribution in [3.63, 3.8) is 0 Å². The maximum Gasteiger partial charge on any atom is 0.262 e. The Morgan fingerprint density at radius 1 is 1.18 bits per heavy atom. The monoisotopic (exact) mass is 377 g/mol. The van der Waals surface area contributed by atoms with Crippen molar-refractivity contribution in [1.82, 2.24) is 20.1 Å². The molecular weight excluding hydrogens is 358 g/mol. The SMILES string of the molecule is CNC(=O)C1CN(C(=O)c2ccc(Cn3cncn3)cc2)c2ccccc2O1. The van der Waals surface area contributed by atoms with Gasteiger partial charge in [-0.25, -0.2) is 9.67 Å². The van der Waals surface area contributed by atoms with Gasteiger partial charge in [-0.3, -0.25) is 9.59 Å². The summed E-state index contributed by atoms with van der Waals surface area (Å²) in [5.74, 6) is 0.0611. The Morgan fingerprint density at radius 3 is 2.68 bits per heavy atom. The van der Waals surface area contributed by atoms with Crippen molar-refractivity contribution in [2.24, 2.45) is 0 Å². The highest BCUT2D eigenvalue weighted by Gasteiger charge is 2.33. The number of fused-ring (bicyclic) bond motifs is 1. The fraction of sp³-hybridized carbons (Fsp3) is 0.200. The number of aromatic nitrogens is 3. The Bertz CT molecular complexity index is 985. The highest BCUT2D eigenvalue weighted by molar-refractivity contribution is 6.07. The molecule has 0 bridgehead atoms. The van der Waals surface area contributed by atoms with E-state index in [4.69, 9.17) is 4.74 Å². The van der Waals surface area contributed by atoms with E-state index in [1.807, 2.05) is 30.3 Å². The number of ether oxygens (including phenoxy) is 1. The lowest BCUT2D eigenvalue weighted by Gasteiger charge is -2.34. The molecule has 0 fully saturated rings. The third-order valence-corrected chi connectivity index (χ3v) is 4.57. The van der Waals surface area contributed by atoms with Crippen molar-refractivity contribution in [1.29, 1.82) is 0 Å². The van der Waals surface area contributed by atoms with E-state index in [0.29, 0.717) is 23.5 Å². The van der Waals surface area contributed by atoms with Crippen LogP contribution in [-0.4, -0.2) is 46.3 Å².